The van der Waals surface area contributed by atoms with Gasteiger partial charge in [-0.3, -0.25) is 0 Å². The molecule has 0 aliphatic carbocycles. The first-order valence-electron chi connectivity index (χ1n) is 5.92. The van der Waals surface area contributed by atoms with E-state index in [-0.39, 0.29) is 0 Å². The second kappa shape index (κ2) is 7.86. The fourth-order valence-electron chi connectivity index (χ4n) is 1.57. The standard InChI is InChI=1S/C14H19NO3S/c1-10(2)9-18-8-7-15-11-5-4-6-12(19-3)13(11)14(16)17/h4-6,15H,1,7-9H2,2-3H3,(H,16,17). The highest BCUT2D eigenvalue weighted by Gasteiger charge is 2.14. The Morgan fingerprint density at radius 2 is 2.26 bits per heavy atom. The minimum Gasteiger partial charge on any atom is -0.478 e. The Morgan fingerprint density at radius 3 is 2.84 bits per heavy atom. The molecule has 0 unspecified atom stereocenters. The average Bonchev–Trinajstić information content (AvgIpc) is 2.37. The van der Waals surface area contributed by atoms with Crippen molar-refractivity contribution < 1.29 is 14.6 Å². The van der Waals surface area contributed by atoms with Crippen LogP contribution in [0.2, 0.25) is 0 Å². The molecule has 1 rings (SSSR count). The SMILES string of the molecule is C=C(C)COCCNc1cccc(SC)c1C(=O)O. The van der Waals surface area contributed by atoms with Crippen LogP contribution in [0.5, 0.6) is 0 Å². The second-order valence-electron chi connectivity index (χ2n) is 4.12. The van der Waals surface area contributed by atoms with Gasteiger partial charge in [0.15, 0.2) is 0 Å². The highest BCUT2D eigenvalue weighted by Crippen LogP contribution is 2.26. The summed E-state index contributed by atoms with van der Waals surface area (Å²) in [6.45, 7) is 7.24. The molecule has 0 amide bonds. The van der Waals surface area contributed by atoms with Crippen LogP contribution < -0.4 is 5.32 Å². The molecule has 4 nitrogen and oxygen atoms in total. The minimum absolute atomic E-state index is 0.315. The summed E-state index contributed by atoms with van der Waals surface area (Å²) >= 11 is 1.42. The van der Waals surface area contributed by atoms with Crippen molar-refractivity contribution in [2.45, 2.75) is 11.8 Å². The molecular formula is C14H19NO3S. The van der Waals surface area contributed by atoms with Crippen LogP contribution >= 0.6 is 11.8 Å². The summed E-state index contributed by atoms with van der Waals surface area (Å²) in [5.74, 6) is -0.921. The number of nitrogens with one attached hydrogen (secondary N) is 1. The summed E-state index contributed by atoms with van der Waals surface area (Å²) in [6, 6.07) is 5.41. The quantitative estimate of drug-likeness (QED) is 0.435. The average molecular weight is 281 g/mol. The highest BCUT2D eigenvalue weighted by atomic mass is 32.2. The van der Waals surface area contributed by atoms with Crippen LogP contribution in [0, 0.1) is 0 Å². The fraction of sp³-hybridized carbons (Fsp3) is 0.357. The molecule has 0 saturated heterocycles. The molecule has 0 fully saturated rings. The third-order valence-electron chi connectivity index (χ3n) is 2.37. The van der Waals surface area contributed by atoms with Gasteiger partial charge in [0, 0.05) is 17.1 Å². The molecule has 0 aliphatic heterocycles. The number of rotatable bonds is 8. The largest absolute Gasteiger partial charge is 0.478 e. The van der Waals surface area contributed by atoms with Gasteiger partial charge >= 0.3 is 5.97 Å². The number of anilines is 1. The molecule has 5 heteroatoms. The Labute approximate surface area is 117 Å². The lowest BCUT2D eigenvalue weighted by molar-refractivity contribution is 0.0694. The van der Waals surface area contributed by atoms with Crippen molar-refractivity contribution in [2.24, 2.45) is 0 Å². The summed E-state index contributed by atoms with van der Waals surface area (Å²) in [7, 11) is 0. The second-order valence-corrected chi connectivity index (χ2v) is 4.97. The monoisotopic (exact) mass is 281 g/mol. The van der Waals surface area contributed by atoms with Crippen molar-refractivity contribution >= 4 is 23.4 Å². The minimum atomic E-state index is -0.921. The van der Waals surface area contributed by atoms with E-state index < -0.39 is 5.97 Å². The predicted octanol–water partition coefficient (Wildman–Crippen LogP) is 3.11. The zero-order valence-electron chi connectivity index (χ0n) is 11.2. The summed E-state index contributed by atoms with van der Waals surface area (Å²) in [6.07, 6.45) is 1.86. The third-order valence-corrected chi connectivity index (χ3v) is 3.15. The number of carbonyl (C=O) groups is 1. The molecule has 0 spiro atoms. The van der Waals surface area contributed by atoms with Gasteiger partial charge < -0.3 is 15.2 Å². The first-order chi connectivity index (χ1) is 9.06. The molecule has 0 saturated carbocycles. The Bertz CT molecular complexity index is 460. The molecule has 0 bridgehead atoms. The zero-order valence-corrected chi connectivity index (χ0v) is 12.0. The molecule has 0 aromatic heterocycles. The van der Waals surface area contributed by atoms with Crippen LogP contribution in [-0.4, -0.2) is 37.1 Å². The first-order valence-corrected chi connectivity index (χ1v) is 7.15. The number of hydrogen-bond acceptors (Lipinski definition) is 4. The van der Waals surface area contributed by atoms with Crippen LogP contribution in [0.4, 0.5) is 5.69 Å². The third kappa shape index (κ3) is 4.96. The van der Waals surface area contributed by atoms with Gasteiger partial charge in [-0.25, -0.2) is 4.79 Å². The van der Waals surface area contributed by atoms with Crippen molar-refractivity contribution in [3.63, 3.8) is 0 Å². The molecule has 0 radical (unpaired) electrons. The van der Waals surface area contributed by atoms with Gasteiger partial charge in [0.2, 0.25) is 0 Å². The molecule has 0 heterocycles. The van der Waals surface area contributed by atoms with Gasteiger partial charge in [-0.1, -0.05) is 18.2 Å². The summed E-state index contributed by atoms with van der Waals surface area (Å²) in [5, 5.41) is 12.4. The van der Waals surface area contributed by atoms with Gasteiger partial charge in [0.25, 0.3) is 0 Å². The van der Waals surface area contributed by atoms with Gasteiger partial charge in [-0.05, 0) is 25.3 Å². The van der Waals surface area contributed by atoms with Crippen LogP contribution in [0.3, 0.4) is 0 Å². The topological polar surface area (TPSA) is 58.6 Å². The number of carboxylic acids is 1. The van der Waals surface area contributed by atoms with E-state index in [0.29, 0.717) is 31.0 Å². The number of thioether (sulfide) groups is 1. The van der Waals surface area contributed by atoms with E-state index in [4.69, 9.17) is 4.74 Å². The molecule has 2 N–H and O–H groups in total. The first kappa shape index (κ1) is 15.6. The zero-order chi connectivity index (χ0) is 14.3. The normalized spacial score (nSPS) is 10.2. The summed E-state index contributed by atoms with van der Waals surface area (Å²) < 4.78 is 5.36. The Hall–Kier alpha value is -1.46. The molecular weight excluding hydrogens is 262 g/mol. The molecule has 0 aliphatic rings. The maximum atomic E-state index is 11.3. The van der Waals surface area contributed by atoms with E-state index in [2.05, 4.69) is 11.9 Å². The summed E-state index contributed by atoms with van der Waals surface area (Å²) in [5.41, 5.74) is 1.91. The fourth-order valence-corrected chi connectivity index (χ4v) is 2.19. The highest BCUT2D eigenvalue weighted by molar-refractivity contribution is 7.98. The lowest BCUT2D eigenvalue weighted by atomic mass is 10.2. The van der Waals surface area contributed by atoms with Crippen molar-refractivity contribution in [1.82, 2.24) is 0 Å². The van der Waals surface area contributed by atoms with Crippen LogP contribution in [0.1, 0.15) is 17.3 Å². The van der Waals surface area contributed by atoms with Crippen molar-refractivity contribution in [1.29, 1.82) is 0 Å². The van der Waals surface area contributed by atoms with Gasteiger partial charge in [-0.2, -0.15) is 0 Å². The van der Waals surface area contributed by atoms with Gasteiger partial charge in [0.05, 0.1) is 18.8 Å². The van der Waals surface area contributed by atoms with E-state index in [1.165, 1.54) is 11.8 Å². The smallest absolute Gasteiger partial charge is 0.338 e. The van der Waals surface area contributed by atoms with Gasteiger partial charge in [-0.15, -0.1) is 11.8 Å². The van der Waals surface area contributed by atoms with E-state index in [0.717, 1.165) is 10.5 Å². The Morgan fingerprint density at radius 1 is 1.53 bits per heavy atom. The molecule has 1 aromatic carbocycles. The maximum Gasteiger partial charge on any atom is 0.338 e. The lowest BCUT2D eigenvalue weighted by Gasteiger charge is -2.12. The van der Waals surface area contributed by atoms with Crippen LogP contribution in [-0.2, 0) is 4.74 Å². The number of benzene rings is 1. The van der Waals surface area contributed by atoms with Crippen LogP contribution in [0.25, 0.3) is 0 Å². The van der Waals surface area contributed by atoms with Crippen LogP contribution in [0.15, 0.2) is 35.2 Å². The van der Waals surface area contributed by atoms with Crippen molar-refractivity contribution in [3.8, 4) is 0 Å². The van der Waals surface area contributed by atoms with Gasteiger partial charge in [0.1, 0.15) is 0 Å². The number of ether oxygens (including phenoxy) is 1. The molecule has 0 atom stereocenters. The predicted molar refractivity (Wildman–Crippen MR) is 79.3 cm³/mol. The Kier molecular flexibility index (Phi) is 6.45. The molecule has 1 aromatic rings. The van der Waals surface area contributed by atoms with Crippen molar-refractivity contribution in [2.75, 3.05) is 31.3 Å². The van der Waals surface area contributed by atoms with E-state index in [1.807, 2.05) is 19.2 Å². The maximum absolute atomic E-state index is 11.3. The van der Waals surface area contributed by atoms with Crippen molar-refractivity contribution in [3.05, 3.63) is 35.9 Å². The number of aromatic carboxylic acids is 1. The number of hydrogen-bond donors (Lipinski definition) is 2. The lowest BCUT2D eigenvalue weighted by Crippen LogP contribution is -2.13. The number of carboxylic acid groups (broad SMARTS) is 1. The van der Waals surface area contributed by atoms with E-state index in [1.54, 1.807) is 12.1 Å². The molecule has 19 heavy (non-hydrogen) atoms. The molecule has 104 valence electrons. The Balaban J connectivity index is 2.62. The van der Waals surface area contributed by atoms with E-state index >= 15 is 0 Å². The van der Waals surface area contributed by atoms with E-state index in [9.17, 15) is 9.90 Å². The summed E-state index contributed by atoms with van der Waals surface area (Å²) in [4.78, 5) is 12.0.